The number of nitrogens with zero attached hydrogens (tertiary/aromatic N) is 1. The molecule has 1 aliphatic rings. The second-order valence-electron chi connectivity index (χ2n) is 3.38. The molecule has 70 valence electrons. The number of nitrogens with one attached hydrogen (secondary N) is 2. The van der Waals surface area contributed by atoms with Crippen molar-refractivity contribution in [3.63, 3.8) is 0 Å². The molecule has 4 heteroatoms. The van der Waals surface area contributed by atoms with Crippen molar-refractivity contribution in [1.82, 2.24) is 15.8 Å². The van der Waals surface area contributed by atoms with Crippen molar-refractivity contribution in [3.05, 3.63) is 28.5 Å². The lowest BCUT2D eigenvalue weighted by Crippen LogP contribution is -2.29. The molecule has 1 aromatic heterocycles. The molecular formula is C9H12BrN3. The number of rotatable bonds is 1. The highest BCUT2D eigenvalue weighted by atomic mass is 79.9. The van der Waals surface area contributed by atoms with Crippen LogP contribution in [0.1, 0.15) is 25.1 Å². The molecule has 0 aliphatic carbocycles. The molecule has 2 N–H and O–H groups in total. The minimum Gasteiger partial charge on any atom is -0.258 e. The lowest BCUT2D eigenvalue weighted by atomic mass is 10.1. The van der Waals surface area contributed by atoms with Gasteiger partial charge in [0.1, 0.15) is 0 Å². The van der Waals surface area contributed by atoms with Crippen molar-refractivity contribution in [1.29, 1.82) is 0 Å². The van der Waals surface area contributed by atoms with E-state index in [0.717, 1.165) is 16.6 Å². The van der Waals surface area contributed by atoms with Crippen LogP contribution in [-0.4, -0.2) is 11.0 Å². The van der Waals surface area contributed by atoms with Crippen LogP contribution in [0, 0.1) is 0 Å². The van der Waals surface area contributed by atoms with Crippen molar-refractivity contribution in [2.24, 2.45) is 0 Å². The Morgan fingerprint density at radius 1 is 1.46 bits per heavy atom. The smallest absolute Gasteiger partial charge is 0.0649 e. The van der Waals surface area contributed by atoms with E-state index in [1.165, 1.54) is 0 Å². The topological polar surface area (TPSA) is 37.0 Å². The third-order valence-electron chi connectivity index (χ3n) is 2.20. The zero-order valence-corrected chi connectivity index (χ0v) is 9.01. The summed E-state index contributed by atoms with van der Waals surface area (Å²) in [6, 6.07) is 4.94. The lowest BCUT2D eigenvalue weighted by molar-refractivity contribution is 0.553. The molecule has 0 bridgehead atoms. The minimum absolute atomic E-state index is 0.350. The first kappa shape index (κ1) is 9.12. The molecule has 0 saturated carbocycles. The zero-order chi connectivity index (χ0) is 9.26. The van der Waals surface area contributed by atoms with Crippen molar-refractivity contribution in [3.8, 4) is 0 Å². The first-order chi connectivity index (χ1) is 6.25. The van der Waals surface area contributed by atoms with E-state index in [0.29, 0.717) is 12.1 Å². The van der Waals surface area contributed by atoms with Gasteiger partial charge >= 0.3 is 0 Å². The average molecular weight is 242 g/mol. The Kier molecular flexibility index (Phi) is 2.62. The van der Waals surface area contributed by atoms with E-state index >= 15 is 0 Å². The third kappa shape index (κ3) is 2.07. The summed E-state index contributed by atoms with van der Waals surface area (Å²) in [6.45, 7) is 2.16. The SMILES string of the molecule is CC1CC(c2ccc(Br)cn2)NN1. The van der Waals surface area contributed by atoms with Gasteiger partial charge < -0.3 is 0 Å². The predicted molar refractivity (Wildman–Crippen MR) is 55.0 cm³/mol. The van der Waals surface area contributed by atoms with Gasteiger partial charge in [-0.05, 0) is 41.4 Å². The van der Waals surface area contributed by atoms with E-state index in [9.17, 15) is 0 Å². The number of halogens is 1. The molecule has 1 saturated heterocycles. The van der Waals surface area contributed by atoms with Crippen molar-refractivity contribution in [2.45, 2.75) is 25.4 Å². The van der Waals surface area contributed by atoms with E-state index in [2.05, 4.69) is 38.7 Å². The molecule has 0 aromatic carbocycles. The Hall–Kier alpha value is -0.450. The van der Waals surface area contributed by atoms with E-state index in [4.69, 9.17) is 0 Å². The summed E-state index contributed by atoms with van der Waals surface area (Å²) >= 11 is 3.37. The molecule has 2 rings (SSSR count). The van der Waals surface area contributed by atoms with Crippen LogP contribution < -0.4 is 10.9 Å². The fourth-order valence-electron chi connectivity index (χ4n) is 1.50. The first-order valence-electron chi connectivity index (χ1n) is 4.38. The summed E-state index contributed by atoms with van der Waals surface area (Å²) < 4.78 is 1.02. The molecule has 2 unspecified atom stereocenters. The Labute approximate surface area is 86.0 Å². The van der Waals surface area contributed by atoms with Gasteiger partial charge in [0.25, 0.3) is 0 Å². The summed E-state index contributed by atoms with van der Waals surface area (Å²) in [7, 11) is 0. The maximum atomic E-state index is 4.35. The largest absolute Gasteiger partial charge is 0.258 e. The van der Waals surface area contributed by atoms with Gasteiger partial charge in [0.2, 0.25) is 0 Å². The fraction of sp³-hybridized carbons (Fsp3) is 0.444. The molecule has 2 atom stereocenters. The summed E-state index contributed by atoms with van der Waals surface area (Å²) in [5.74, 6) is 0. The van der Waals surface area contributed by atoms with Crippen molar-refractivity contribution in [2.75, 3.05) is 0 Å². The van der Waals surface area contributed by atoms with E-state index in [1.54, 1.807) is 0 Å². The van der Waals surface area contributed by atoms with Crippen LogP contribution in [0.3, 0.4) is 0 Å². The highest BCUT2D eigenvalue weighted by molar-refractivity contribution is 9.10. The second kappa shape index (κ2) is 3.74. The van der Waals surface area contributed by atoms with Crippen LogP contribution in [0.25, 0.3) is 0 Å². The Bertz CT molecular complexity index is 285. The number of pyridine rings is 1. The van der Waals surface area contributed by atoms with Gasteiger partial charge in [0.05, 0.1) is 11.7 Å². The van der Waals surface area contributed by atoms with Gasteiger partial charge in [0.15, 0.2) is 0 Å². The standard InChI is InChI=1S/C9H12BrN3/c1-6-4-9(13-12-6)8-3-2-7(10)5-11-8/h2-3,5-6,9,12-13H,4H2,1H3. The zero-order valence-electron chi connectivity index (χ0n) is 7.42. The maximum Gasteiger partial charge on any atom is 0.0649 e. The molecule has 1 aromatic rings. The monoisotopic (exact) mass is 241 g/mol. The lowest BCUT2D eigenvalue weighted by Gasteiger charge is -2.07. The number of hydrazine groups is 1. The van der Waals surface area contributed by atoms with Crippen LogP contribution in [-0.2, 0) is 0 Å². The normalized spacial score (nSPS) is 27.8. The van der Waals surface area contributed by atoms with Gasteiger partial charge in [-0.15, -0.1) is 0 Å². The predicted octanol–water partition coefficient (Wildman–Crippen LogP) is 1.77. The van der Waals surface area contributed by atoms with E-state index in [-0.39, 0.29) is 0 Å². The molecule has 13 heavy (non-hydrogen) atoms. The third-order valence-corrected chi connectivity index (χ3v) is 2.67. The highest BCUT2D eigenvalue weighted by Crippen LogP contribution is 2.20. The van der Waals surface area contributed by atoms with Crippen LogP contribution in [0.15, 0.2) is 22.8 Å². The molecule has 1 fully saturated rings. The van der Waals surface area contributed by atoms with E-state index in [1.807, 2.05) is 18.3 Å². The van der Waals surface area contributed by atoms with Gasteiger partial charge in [0, 0.05) is 16.7 Å². The molecular weight excluding hydrogens is 230 g/mol. The number of hydrogen-bond donors (Lipinski definition) is 2. The summed E-state index contributed by atoms with van der Waals surface area (Å²) in [4.78, 5) is 4.35. The minimum atomic E-state index is 0.350. The summed E-state index contributed by atoms with van der Waals surface area (Å²) in [6.07, 6.45) is 2.93. The van der Waals surface area contributed by atoms with Crippen LogP contribution in [0.5, 0.6) is 0 Å². The molecule has 2 heterocycles. The Morgan fingerprint density at radius 2 is 2.31 bits per heavy atom. The van der Waals surface area contributed by atoms with Gasteiger partial charge in [-0.2, -0.15) is 0 Å². The first-order valence-corrected chi connectivity index (χ1v) is 5.17. The highest BCUT2D eigenvalue weighted by Gasteiger charge is 2.22. The Balaban J connectivity index is 2.13. The van der Waals surface area contributed by atoms with Gasteiger partial charge in [-0.25, -0.2) is 5.43 Å². The van der Waals surface area contributed by atoms with E-state index < -0.39 is 0 Å². The summed E-state index contributed by atoms with van der Waals surface area (Å²) in [5.41, 5.74) is 7.49. The van der Waals surface area contributed by atoms with Gasteiger partial charge in [-0.1, -0.05) is 0 Å². The van der Waals surface area contributed by atoms with Crippen molar-refractivity contribution < 1.29 is 0 Å². The fourth-order valence-corrected chi connectivity index (χ4v) is 1.74. The molecule has 0 amide bonds. The molecule has 1 aliphatic heterocycles. The van der Waals surface area contributed by atoms with Crippen LogP contribution >= 0.6 is 15.9 Å². The quantitative estimate of drug-likeness (QED) is 0.788. The molecule has 3 nitrogen and oxygen atoms in total. The van der Waals surface area contributed by atoms with Crippen LogP contribution in [0.4, 0.5) is 0 Å². The van der Waals surface area contributed by atoms with Crippen LogP contribution in [0.2, 0.25) is 0 Å². The molecule has 0 spiro atoms. The molecule has 0 radical (unpaired) electrons. The number of hydrogen-bond acceptors (Lipinski definition) is 3. The van der Waals surface area contributed by atoms with Gasteiger partial charge in [-0.3, -0.25) is 10.4 Å². The maximum absolute atomic E-state index is 4.35. The van der Waals surface area contributed by atoms with Crippen molar-refractivity contribution >= 4 is 15.9 Å². The Morgan fingerprint density at radius 3 is 2.85 bits per heavy atom. The summed E-state index contributed by atoms with van der Waals surface area (Å²) in [5, 5.41) is 0. The average Bonchev–Trinajstić information content (AvgIpc) is 2.53. The number of aromatic nitrogens is 1. The second-order valence-corrected chi connectivity index (χ2v) is 4.29.